The second-order valence-electron chi connectivity index (χ2n) is 5.71. The molecule has 2 amide bonds. The van der Waals surface area contributed by atoms with Gasteiger partial charge >= 0.3 is 12.0 Å². The number of hydrogen-bond donors (Lipinski definition) is 3. The van der Waals surface area contributed by atoms with Crippen LogP contribution in [0.3, 0.4) is 0 Å². The average molecular weight is 256 g/mol. The molecule has 5 nitrogen and oxygen atoms in total. The first-order valence-corrected chi connectivity index (χ1v) is 6.65. The van der Waals surface area contributed by atoms with Gasteiger partial charge in [0.15, 0.2) is 0 Å². The van der Waals surface area contributed by atoms with Gasteiger partial charge in [-0.2, -0.15) is 0 Å². The van der Waals surface area contributed by atoms with Crippen molar-refractivity contribution >= 4 is 12.0 Å². The summed E-state index contributed by atoms with van der Waals surface area (Å²) in [5.41, 5.74) is 0. The summed E-state index contributed by atoms with van der Waals surface area (Å²) in [7, 11) is 0. The third kappa shape index (κ3) is 4.94. The highest BCUT2D eigenvalue weighted by molar-refractivity contribution is 5.75. The lowest BCUT2D eigenvalue weighted by Crippen LogP contribution is -2.46. The highest BCUT2D eigenvalue weighted by Gasteiger charge is 2.25. The first-order valence-electron chi connectivity index (χ1n) is 6.65. The summed E-state index contributed by atoms with van der Waals surface area (Å²) in [5, 5.41) is 14.3. The summed E-state index contributed by atoms with van der Waals surface area (Å²) in [6.45, 7) is 6.15. The Balaban J connectivity index is 2.29. The molecule has 3 unspecified atom stereocenters. The van der Waals surface area contributed by atoms with Crippen LogP contribution in [0.1, 0.15) is 40.0 Å². The lowest BCUT2D eigenvalue weighted by atomic mass is 9.80. The number of urea groups is 1. The molecule has 3 N–H and O–H groups in total. The van der Waals surface area contributed by atoms with Gasteiger partial charge in [-0.3, -0.25) is 4.79 Å². The van der Waals surface area contributed by atoms with E-state index in [0.29, 0.717) is 11.8 Å². The van der Waals surface area contributed by atoms with Crippen LogP contribution in [0.15, 0.2) is 0 Å². The normalized spacial score (nSPS) is 29.4. The summed E-state index contributed by atoms with van der Waals surface area (Å²) in [6, 6.07) is -0.0433. The zero-order valence-corrected chi connectivity index (χ0v) is 11.4. The minimum Gasteiger partial charge on any atom is -0.481 e. The lowest BCUT2D eigenvalue weighted by molar-refractivity contribution is -0.140. The van der Waals surface area contributed by atoms with E-state index in [2.05, 4.69) is 24.5 Å². The van der Waals surface area contributed by atoms with Crippen molar-refractivity contribution in [1.82, 2.24) is 10.6 Å². The Labute approximate surface area is 108 Å². The largest absolute Gasteiger partial charge is 0.481 e. The molecule has 0 spiro atoms. The number of nitrogens with one attached hydrogen (secondary N) is 2. The highest BCUT2D eigenvalue weighted by atomic mass is 16.4. The Morgan fingerprint density at radius 1 is 1.22 bits per heavy atom. The van der Waals surface area contributed by atoms with Crippen LogP contribution in [0.2, 0.25) is 0 Å². The van der Waals surface area contributed by atoms with E-state index in [0.717, 1.165) is 12.8 Å². The van der Waals surface area contributed by atoms with Crippen LogP contribution in [-0.4, -0.2) is 29.7 Å². The third-order valence-electron chi connectivity index (χ3n) is 3.50. The van der Waals surface area contributed by atoms with Gasteiger partial charge in [-0.15, -0.1) is 0 Å². The molecule has 0 aromatic heterocycles. The molecule has 104 valence electrons. The molecule has 5 heteroatoms. The Morgan fingerprint density at radius 2 is 1.78 bits per heavy atom. The Morgan fingerprint density at radius 3 is 2.28 bits per heavy atom. The number of carboxylic acids is 1. The minimum absolute atomic E-state index is 0.166. The number of carboxylic acid groups (broad SMARTS) is 1. The number of hydrogen-bond acceptors (Lipinski definition) is 2. The van der Waals surface area contributed by atoms with E-state index >= 15 is 0 Å². The van der Waals surface area contributed by atoms with Gasteiger partial charge in [0.25, 0.3) is 0 Å². The molecule has 0 aromatic rings. The van der Waals surface area contributed by atoms with Gasteiger partial charge in [0, 0.05) is 12.6 Å². The van der Waals surface area contributed by atoms with Crippen LogP contribution in [-0.2, 0) is 4.79 Å². The van der Waals surface area contributed by atoms with Gasteiger partial charge < -0.3 is 15.7 Å². The van der Waals surface area contributed by atoms with E-state index in [1.807, 2.05) is 0 Å². The van der Waals surface area contributed by atoms with Crippen molar-refractivity contribution in [3.63, 3.8) is 0 Å². The lowest BCUT2D eigenvalue weighted by Gasteiger charge is -2.32. The van der Waals surface area contributed by atoms with Crippen molar-refractivity contribution in [3.05, 3.63) is 0 Å². The minimum atomic E-state index is -0.893. The molecule has 1 saturated carbocycles. The van der Waals surface area contributed by atoms with E-state index in [-0.39, 0.29) is 18.6 Å². The second kappa shape index (κ2) is 6.61. The zero-order valence-electron chi connectivity index (χ0n) is 11.4. The van der Waals surface area contributed by atoms with Gasteiger partial charge in [-0.25, -0.2) is 4.79 Å². The fourth-order valence-corrected chi connectivity index (χ4v) is 2.63. The van der Waals surface area contributed by atoms with Crippen molar-refractivity contribution in [2.24, 2.45) is 17.8 Å². The van der Waals surface area contributed by atoms with Crippen LogP contribution in [0, 0.1) is 17.8 Å². The Bertz CT molecular complexity index is 297. The molecular weight excluding hydrogens is 232 g/mol. The molecule has 0 aliphatic heterocycles. The maximum atomic E-state index is 11.6. The molecule has 3 atom stereocenters. The molecule has 1 aliphatic carbocycles. The monoisotopic (exact) mass is 256 g/mol. The second-order valence-corrected chi connectivity index (χ2v) is 5.71. The molecule has 1 rings (SSSR count). The van der Waals surface area contributed by atoms with Crippen LogP contribution < -0.4 is 10.6 Å². The number of aliphatic carboxylic acids is 1. The first kappa shape index (κ1) is 14.8. The van der Waals surface area contributed by atoms with Crippen molar-refractivity contribution in [2.45, 2.75) is 46.1 Å². The quantitative estimate of drug-likeness (QED) is 0.718. The number of amides is 2. The molecule has 1 fully saturated rings. The fourth-order valence-electron chi connectivity index (χ4n) is 2.63. The molecule has 0 bridgehead atoms. The number of carbonyl (C=O) groups is 2. The third-order valence-corrected chi connectivity index (χ3v) is 3.50. The van der Waals surface area contributed by atoms with Gasteiger partial charge in [0.1, 0.15) is 0 Å². The summed E-state index contributed by atoms with van der Waals surface area (Å²) < 4.78 is 0. The SMILES string of the molecule is CC1CC(C)CC(NC(=O)NCC(C)C(=O)O)C1. The predicted octanol–water partition coefficient (Wildman–Crippen LogP) is 1.83. The van der Waals surface area contributed by atoms with E-state index in [9.17, 15) is 9.59 Å². The molecule has 1 aliphatic rings. The topological polar surface area (TPSA) is 78.4 Å². The summed E-state index contributed by atoms with van der Waals surface area (Å²) in [4.78, 5) is 22.3. The van der Waals surface area contributed by atoms with Crippen molar-refractivity contribution in [2.75, 3.05) is 6.54 Å². The van der Waals surface area contributed by atoms with E-state index in [1.165, 1.54) is 6.42 Å². The summed E-state index contributed by atoms with van der Waals surface area (Å²) in [5.74, 6) is -0.177. The molecule has 18 heavy (non-hydrogen) atoms. The zero-order chi connectivity index (χ0) is 13.7. The summed E-state index contributed by atoms with van der Waals surface area (Å²) in [6.07, 6.45) is 3.23. The van der Waals surface area contributed by atoms with Gasteiger partial charge in [0.05, 0.1) is 5.92 Å². The Hall–Kier alpha value is -1.26. The highest BCUT2D eigenvalue weighted by Crippen LogP contribution is 2.28. The maximum Gasteiger partial charge on any atom is 0.315 e. The fraction of sp³-hybridized carbons (Fsp3) is 0.846. The van der Waals surface area contributed by atoms with E-state index in [4.69, 9.17) is 5.11 Å². The van der Waals surface area contributed by atoms with Crippen LogP contribution in [0.25, 0.3) is 0 Å². The van der Waals surface area contributed by atoms with Crippen molar-refractivity contribution in [1.29, 1.82) is 0 Å². The maximum absolute atomic E-state index is 11.6. The molecule has 0 aromatic carbocycles. The molecule has 0 saturated heterocycles. The molecular formula is C13H24N2O3. The standard InChI is InChI=1S/C13H24N2O3/c1-8-4-9(2)6-11(5-8)15-13(18)14-7-10(3)12(16)17/h8-11H,4-7H2,1-3H3,(H,16,17)(H2,14,15,18). The molecule has 0 heterocycles. The van der Waals surface area contributed by atoms with Crippen LogP contribution in [0.4, 0.5) is 4.79 Å². The van der Waals surface area contributed by atoms with Crippen molar-refractivity contribution < 1.29 is 14.7 Å². The van der Waals surface area contributed by atoms with Gasteiger partial charge in [-0.05, 0) is 31.1 Å². The van der Waals surface area contributed by atoms with Crippen LogP contribution in [0.5, 0.6) is 0 Å². The van der Waals surface area contributed by atoms with Gasteiger partial charge in [0.2, 0.25) is 0 Å². The van der Waals surface area contributed by atoms with E-state index in [1.54, 1.807) is 6.92 Å². The smallest absolute Gasteiger partial charge is 0.315 e. The Kier molecular flexibility index (Phi) is 5.44. The van der Waals surface area contributed by atoms with Crippen LogP contribution >= 0.6 is 0 Å². The average Bonchev–Trinajstić information content (AvgIpc) is 2.24. The van der Waals surface area contributed by atoms with Crippen molar-refractivity contribution in [3.8, 4) is 0 Å². The number of carbonyl (C=O) groups excluding carboxylic acids is 1. The predicted molar refractivity (Wildman–Crippen MR) is 69.3 cm³/mol. The van der Waals surface area contributed by atoms with E-state index < -0.39 is 11.9 Å². The van der Waals surface area contributed by atoms with Gasteiger partial charge in [-0.1, -0.05) is 20.8 Å². The first-order chi connectivity index (χ1) is 8.38. The number of rotatable bonds is 4. The summed E-state index contributed by atoms with van der Waals surface area (Å²) >= 11 is 0. The molecule has 0 radical (unpaired) electrons.